The summed E-state index contributed by atoms with van der Waals surface area (Å²) < 4.78 is 5.15. The van der Waals surface area contributed by atoms with Crippen LogP contribution >= 0.6 is 0 Å². The summed E-state index contributed by atoms with van der Waals surface area (Å²) in [5.74, 6) is 0.384. The number of hydrogen-bond acceptors (Lipinski definition) is 4. The van der Waals surface area contributed by atoms with Crippen LogP contribution in [-0.4, -0.2) is 23.0 Å². The monoisotopic (exact) mass is 504 g/mol. The van der Waals surface area contributed by atoms with Crippen molar-refractivity contribution in [3.05, 3.63) is 82.9 Å². The number of aliphatic hydroxyl groups excluding tert-OH is 1. The van der Waals surface area contributed by atoms with Crippen molar-refractivity contribution in [1.82, 2.24) is 0 Å². The second-order valence-electron chi connectivity index (χ2n) is 10.7. The first kappa shape index (κ1) is 28.8. The summed E-state index contributed by atoms with van der Waals surface area (Å²) in [4.78, 5) is 24.4. The molecule has 0 aliphatic heterocycles. The van der Waals surface area contributed by atoms with Crippen molar-refractivity contribution in [2.75, 3.05) is 0 Å². The highest BCUT2D eigenvalue weighted by atomic mass is 16.5. The number of benzene rings is 2. The van der Waals surface area contributed by atoms with Gasteiger partial charge in [0.25, 0.3) is 0 Å². The van der Waals surface area contributed by atoms with E-state index in [4.69, 9.17) is 4.74 Å². The van der Waals surface area contributed by atoms with E-state index in [0.29, 0.717) is 18.6 Å². The predicted molar refractivity (Wildman–Crippen MR) is 150 cm³/mol. The second kappa shape index (κ2) is 14.9. The third-order valence-electron chi connectivity index (χ3n) is 7.25. The molecule has 0 radical (unpaired) electrons. The molecule has 3 atom stereocenters. The maximum Gasteiger partial charge on any atom is 0.306 e. The van der Waals surface area contributed by atoms with Crippen molar-refractivity contribution in [3.8, 4) is 0 Å². The molecular formula is C33H44O4. The van der Waals surface area contributed by atoms with Gasteiger partial charge in [-0.25, -0.2) is 0 Å². The average Bonchev–Trinajstić information content (AvgIpc) is 3.27. The molecule has 0 heterocycles. The zero-order valence-electron chi connectivity index (χ0n) is 22.8. The largest absolute Gasteiger partial charge is 0.463 e. The molecule has 1 fully saturated rings. The van der Waals surface area contributed by atoms with E-state index in [2.05, 4.69) is 43.3 Å². The van der Waals surface area contributed by atoms with Gasteiger partial charge in [0, 0.05) is 18.8 Å². The molecule has 1 N–H and O–H groups in total. The molecule has 2 aromatic rings. The van der Waals surface area contributed by atoms with Crippen molar-refractivity contribution < 1.29 is 19.4 Å². The van der Waals surface area contributed by atoms with Crippen LogP contribution in [-0.2, 0) is 20.7 Å². The number of allylic oxidation sites excluding steroid dienone is 2. The molecule has 0 aromatic heterocycles. The highest BCUT2D eigenvalue weighted by Gasteiger charge is 2.34. The first-order valence-electron chi connectivity index (χ1n) is 14.1. The fourth-order valence-electron chi connectivity index (χ4n) is 5.11. The molecule has 4 heteroatoms. The van der Waals surface area contributed by atoms with E-state index in [0.717, 1.165) is 62.5 Å². The Bertz CT molecular complexity index is 1000. The smallest absolute Gasteiger partial charge is 0.306 e. The van der Waals surface area contributed by atoms with Crippen LogP contribution in [0.2, 0.25) is 0 Å². The fourth-order valence-corrected chi connectivity index (χ4v) is 5.11. The van der Waals surface area contributed by atoms with Gasteiger partial charge in [-0.3, -0.25) is 9.59 Å². The fraction of sp³-hybridized carbons (Fsp3) is 0.515. The number of ether oxygens (including phenoxy) is 1. The van der Waals surface area contributed by atoms with E-state index in [-0.39, 0.29) is 23.9 Å². The summed E-state index contributed by atoms with van der Waals surface area (Å²) in [5, 5.41) is 10.4. The molecule has 2 unspecified atom stereocenters. The van der Waals surface area contributed by atoms with Crippen molar-refractivity contribution in [2.45, 2.75) is 109 Å². The number of carbonyl (C=O) groups is 2. The maximum absolute atomic E-state index is 12.9. The topological polar surface area (TPSA) is 63.6 Å². The van der Waals surface area contributed by atoms with Crippen molar-refractivity contribution in [1.29, 1.82) is 0 Å². The van der Waals surface area contributed by atoms with Gasteiger partial charge in [0.2, 0.25) is 0 Å². The Kier molecular flexibility index (Phi) is 11.6. The van der Waals surface area contributed by atoms with E-state index < -0.39 is 6.10 Å². The number of Topliss-reactive ketones (excluding diaryl/α,β-unsaturated/α-hetero) is 1. The molecule has 3 rings (SSSR count). The molecule has 0 saturated heterocycles. The first-order valence-corrected chi connectivity index (χ1v) is 14.1. The van der Waals surface area contributed by atoms with Gasteiger partial charge in [0.1, 0.15) is 5.78 Å². The lowest BCUT2D eigenvalue weighted by molar-refractivity contribution is -0.147. The maximum atomic E-state index is 12.9. The molecule has 0 bridgehead atoms. The molecule has 2 aromatic carbocycles. The number of rotatable bonds is 14. The standard InChI is InChI=1S/C33H44O4/c1-4-5-8-12-31(34)28-20-18-27(19-21-28)30-22-29(23-32(30)35)26-16-14-25(15-17-26)11-9-6-7-10-13-33(36)37-24(2)3/h6,9,14-21,24,29-31,34H,4-5,7-8,10-13,22-23H2,1-3H3/b9-6-/t29?,30-,31?/m0/s1. The summed E-state index contributed by atoms with van der Waals surface area (Å²) >= 11 is 0. The van der Waals surface area contributed by atoms with Crippen molar-refractivity contribution >= 4 is 11.8 Å². The summed E-state index contributed by atoms with van der Waals surface area (Å²) in [6, 6.07) is 16.7. The quantitative estimate of drug-likeness (QED) is 0.162. The third-order valence-corrected chi connectivity index (χ3v) is 7.25. The lowest BCUT2D eigenvalue weighted by Gasteiger charge is -2.14. The molecule has 0 spiro atoms. The lowest BCUT2D eigenvalue weighted by Crippen LogP contribution is -2.10. The number of ketones is 1. The zero-order valence-corrected chi connectivity index (χ0v) is 22.8. The molecule has 1 aliphatic carbocycles. The van der Waals surface area contributed by atoms with Crippen LogP contribution in [0.3, 0.4) is 0 Å². The van der Waals surface area contributed by atoms with E-state index in [1.165, 1.54) is 11.1 Å². The van der Waals surface area contributed by atoms with Gasteiger partial charge in [0.15, 0.2) is 0 Å². The van der Waals surface area contributed by atoms with Crippen LogP contribution in [0.1, 0.15) is 119 Å². The van der Waals surface area contributed by atoms with Crippen LogP contribution in [0.5, 0.6) is 0 Å². The van der Waals surface area contributed by atoms with Crippen LogP contribution in [0.4, 0.5) is 0 Å². The predicted octanol–water partition coefficient (Wildman–Crippen LogP) is 7.75. The molecule has 200 valence electrons. The SMILES string of the molecule is CCCCCC(O)c1ccc([C@@H]2CC(c3ccc(C/C=C\CCCC(=O)OC(C)C)cc3)CC2=O)cc1. The molecular weight excluding hydrogens is 460 g/mol. The molecule has 0 amide bonds. The first-order chi connectivity index (χ1) is 17.9. The van der Waals surface area contributed by atoms with Crippen LogP contribution in [0.15, 0.2) is 60.7 Å². The summed E-state index contributed by atoms with van der Waals surface area (Å²) in [7, 11) is 0. The van der Waals surface area contributed by atoms with Crippen molar-refractivity contribution in [2.24, 2.45) is 0 Å². The van der Waals surface area contributed by atoms with Gasteiger partial charge in [-0.05, 0) is 74.1 Å². The zero-order chi connectivity index (χ0) is 26.6. The number of hydrogen-bond donors (Lipinski definition) is 1. The minimum absolute atomic E-state index is 0.0503. The molecule has 1 saturated carbocycles. The highest BCUT2D eigenvalue weighted by Crippen LogP contribution is 2.41. The average molecular weight is 505 g/mol. The van der Waals surface area contributed by atoms with Gasteiger partial charge in [-0.2, -0.15) is 0 Å². The molecule has 4 nitrogen and oxygen atoms in total. The summed E-state index contributed by atoms with van der Waals surface area (Å²) in [6.07, 6.45) is 12.4. The normalized spacial score (nSPS) is 18.6. The van der Waals surface area contributed by atoms with E-state index >= 15 is 0 Å². The molecule has 37 heavy (non-hydrogen) atoms. The number of esters is 1. The van der Waals surface area contributed by atoms with Crippen LogP contribution in [0, 0.1) is 0 Å². The summed E-state index contributed by atoms with van der Waals surface area (Å²) in [5.41, 5.74) is 4.49. The number of unbranched alkanes of at least 4 members (excludes halogenated alkanes) is 3. The second-order valence-corrected chi connectivity index (χ2v) is 10.7. The highest BCUT2D eigenvalue weighted by molar-refractivity contribution is 5.89. The van der Waals surface area contributed by atoms with E-state index in [1.54, 1.807) is 0 Å². The van der Waals surface area contributed by atoms with Crippen LogP contribution in [0.25, 0.3) is 0 Å². The Balaban J connectivity index is 1.46. The van der Waals surface area contributed by atoms with Gasteiger partial charge in [0.05, 0.1) is 12.2 Å². The Morgan fingerprint density at radius 1 is 1.00 bits per heavy atom. The number of carbonyl (C=O) groups excluding carboxylic acids is 2. The Labute approximate surface area is 223 Å². The Morgan fingerprint density at radius 2 is 1.70 bits per heavy atom. The van der Waals surface area contributed by atoms with Gasteiger partial charge >= 0.3 is 5.97 Å². The number of aliphatic hydroxyl groups is 1. The summed E-state index contributed by atoms with van der Waals surface area (Å²) in [6.45, 7) is 5.90. The van der Waals surface area contributed by atoms with Gasteiger partial charge < -0.3 is 9.84 Å². The minimum Gasteiger partial charge on any atom is -0.463 e. The molecule has 1 aliphatic rings. The minimum atomic E-state index is -0.422. The van der Waals surface area contributed by atoms with Gasteiger partial charge in [-0.15, -0.1) is 0 Å². The Hall–Kier alpha value is -2.72. The van der Waals surface area contributed by atoms with E-state index in [1.807, 2.05) is 38.1 Å². The van der Waals surface area contributed by atoms with Crippen LogP contribution < -0.4 is 0 Å². The lowest BCUT2D eigenvalue weighted by atomic mass is 9.91. The Morgan fingerprint density at radius 3 is 2.38 bits per heavy atom. The van der Waals surface area contributed by atoms with E-state index in [9.17, 15) is 14.7 Å². The van der Waals surface area contributed by atoms with Crippen molar-refractivity contribution in [3.63, 3.8) is 0 Å². The van der Waals surface area contributed by atoms with Gasteiger partial charge in [-0.1, -0.05) is 86.9 Å². The third kappa shape index (κ3) is 9.27.